The van der Waals surface area contributed by atoms with Gasteiger partial charge in [-0.3, -0.25) is 14.9 Å². The molecule has 6 nitrogen and oxygen atoms in total. The molecule has 0 bridgehead atoms. The summed E-state index contributed by atoms with van der Waals surface area (Å²) in [5, 5.41) is 18.4. The molecule has 2 N–H and O–H groups in total. The summed E-state index contributed by atoms with van der Waals surface area (Å²) in [6, 6.07) is 16.6. The number of amides is 1. The Balaban J connectivity index is 1.66. The van der Waals surface area contributed by atoms with Crippen molar-refractivity contribution in [3.05, 3.63) is 100.0 Å². The summed E-state index contributed by atoms with van der Waals surface area (Å²) in [6.07, 6.45) is 3.48. The van der Waals surface area contributed by atoms with Gasteiger partial charge in [-0.1, -0.05) is 62.7 Å². The van der Waals surface area contributed by atoms with E-state index in [1.807, 2.05) is 17.0 Å². The Kier molecular flexibility index (Phi) is 5.41. The summed E-state index contributed by atoms with van der Waals surface area (Å²) in [5.74, 6) is -0.0947. The molecule has 0 radical (unpaired) electrons. The zero-order valence-electron chi connectivity index (χ0n) is 19.2. The topological polar surface area (TPSA) is 82.1 Å². The van der Waals surface area contributed by atoms with Gasteiger partial charge < -0.3 is 10.0 Å². The van der Waals surface area contributed by atoms with Crippen LogP contribution < -0.4 is 0 Å². The first-order valence-corrected chi connectivity index (χ1v) is 11.5. The van der Waals surface area contributed by atoms with Crippen molar-refractivity contribution in [2.75, 3.05) is 0 Å². The largest absolute Gasteiger partial charge is 0.507 e. The molecule has 0 fully saturated rings. The molecule has 1 aliphatic heterocycles. The van der Waals surface area contributed by atoms with Gasteiger partial charge in [0.25, 0.3) is 5.91 Å². The first-order chi connectivity index (χ1) is 16.2. The van der Waals surface area contributed by atoms with E-state index in [0.717, 1.165) is 16.7 Å². The molecule has 1 aliphatic rings. The summed E-state index contributed by atoms with van der Waals surface area (Å²) in [4.78, 5) is 19.6. The Hall–Kier alpha value is -3.64. The van der Waals surface area contributed by atoms with Crippen LogP contribution in [0.1, 0.15) is 59.6 Å². The molecular weight excluding hydrogens is 448 g/mol. The van der Waals surface area contributed by atoms with Crippen LogP contribution in [0.3, 0.4) is 0 Å². The number of fused-ring (bicyclic) bond motifs is 1. The Morgan fingerprint density at radius 1 is 1.12 bits per heavy atom. The average Bonchev–Trinajstić information content (AvgIpc) is 3.35. The molecule has 5 rings (SSSR count). The number of nitrogens with one attached hydrogen (secondary N) is 1. The molecule has 4 aromatic rings. The van der Waals surface area contributed by atoms with Crippen LogP contribution in [0.15, 0.2) is 67.0 Å². The fourth-order valence-electron chi connectivity index (χ4n) is 4.46. The number of benzene rings is 2. The fourth-order valence-corrected chi connectivity index (χ4v) is 4.64. The number of pyridine rings is 1. The van der Waals surface area contributed by atoms with Gasteiger partial charge in [-0.05, 0) is 46.4 Å². The van der Waals surface area contributed by atoms with E-state index in [0.29, 0.717) is 28.5 Å². The van der Waals surface area contributed by atoms with E-state index in [1.54, 1.807) is 24.5 Å². The summed E-state index contributed by atoms with van der Waals surface area (Å²) < 4.78 is 0. The molecule has 0 spiro atoms. The SMILES string of the molecule is CC(C)(C)c1ccc(C2c3c(-c4cc(Cl)ccc4O)n[nH]c3C(=O)N2Cc2cccnc2)cc1. The fraction of sp³-hybridized carbons (Fsp3) is 0.222. The third-order valence-electron chi connectivity index (χ3n) is 6.25. The van der Waals surface area contributed by atoms with Crippen molar-refractivity contribution in [3.63, 3.8) is 0 Å². The van der Waals surface area contributed by atoms with Crippen LogP contribution in [0.25, 0.3) is 11.3 Å². The molecule has 0 aliphatic carbocycles. The number of carbonyl (C=O) groups is 1. The quantitative estimate of drug-likeness (QED) is 0.389. The van der Waals surface area contributed by atoms with Crippen LogP contribution in [-0.4, -0.2) is 31.1 Å². The Morgan fingerprint density at radius 3 is 2.56 bits per heavy atom. The predicted octanol–water partition coefficient (Wildman–Crippen LogP) is 5.87. The van der Waals surface area contributed by atoms with Crippen molar-refractivity contribution in [1.82, 2.24) is 20.1 Å². The number of hydrogen-bond acceptors (Lipinski definition) is 4. The van der Waals surface area contributed by atoms with Gasteiger partial charge in [0.05, 0.1) is 6.04 Å². The van der Waals surface area contributed by atoms with Crippen LogP contribution in [0, 0.1) is 0 Å². The molecule has 3 heterocycles. The van der Waals surface area contributed by atoms with Crippen LogP contribution in [0.5, 0.6) is 5.75 Å². The molecule has 34 heavy (non-hydrogen) atoms. The lowest BCUT2D eigenvalue weighted by Gasteiger charge is -2.27. The van der Waals surface area contributed by atoms with Crippen LogP contribution in [0.2, 0.25) is 5.02 Å². The molecule has 0 saturated carbocycles. The number of phenols is 1. The van der Waals surface area contributed by atoms with Gasteiger partial charge in [-0.15, -0.1) is 0 Å². The number of nitrogens with zero attached hydrogens (tertiary/aromatic N) is 3. The van der Waals surface area contributed by atoms with E-state index in [2.05, 4.69) is 60.2 Å². The molecule has 1 amide bonds. The van der Waals surface area contributed by atoms with E-state index in [4.69, 9.17) is 11.6 Å². The standard InChI is InChI=1S/C27H25ClN4O2/c1-27(2,3)18-8-6-17(7-9-18)25-22-23(20-13-19(28)10-11-21(20)33)30-31-24(22)26(34)32(25)15-16-5-4-12-29-14-16/h4-14,25,33H,15H2,1-3H3,(H,30,31). The van der Waals surface area contributed by atoms with Crippen molar-refractivity contribution in [2.24, 2.45) is 0 Å². The minimum absolute atomic E-state index is 0.0119. The molecule has 0 saturated heterocycles. The van der Waals surface area contributed by atoms with Crippen molar-refractivity contribution in [1.29, 1.82) is 0 Å². The highest BCUT2D eigenvalue weighted by molar-refractivity contribution is 6.31. The number of halogens is 1. The zero-order valence-corrected chi connectivity index (χ0v) is 20.0. The molecule has 1 unspecified atom stereocenters. The highest BCUT2D eigenvalue weighted by Crippen LogP contribution is 2.45. The lowest BCUT2D eigenvalue weighted by molar-refractivity contribution is 0.0730. The minimum Gasteiger partial charge on any atom is -0.507 e. The molecule has 1 atom stereocenters. The first-order valence-electron chi connectivity index (χ1n) is 11.1. The summed E-state index contributed by atoms with van der Waals surface area (Å²) >= 11 is 6.23. The third-order valence-corrected chi connectivity index (χ3v) is 6.48. The lowest BCUT2D eigenvalue weighted by atomic mass is 9.85. The minimum atomic E-state index is -0.385. The normalized spacial score (nSPS) is 15.6. The van der Waals surface area contributed by atoms with E-state index < -0.39 is 0 Å². The van der Waals surface area contributed by atoms with E-state index in [1.165, 1.54) is 11.6 Å². The van der Waals surface area contributed by atoms with Gasteiger partial charge in [-0.2, -0.15) is 5.10 Å². The second-order valence-electron chi connectivity index (χ2n) is 9.59. The maximum absolute atomic E-state index is 13.6. The monoisotopic (exact) mass is 472 g/mol. The second-order valence-corrected chi connectivity index (χ2v) is 10.0. The maximum Gasteiger partial charge on any atom is 0.273 e. The summed E-state index contributed by atoms with van der Waals surface area (Å²) in [7, 11) is 0. The highest BCUT2D eigenvalue weighted by Gasteiger charge is 2.42. The highest BCUT2D eigenvalue weighted by atomic mass is 35.5. The zero-order chi connectivity index (χ0) is 24.0. The molecule has 2 aromatic carbocycles. The maximum atomic E-state index is 13.6. The van der Waals surface area contributed by atoms with Crippen molar-refractivity contribution in [3.8, 4) is 17.0 Å². The van der Waals surface area contributed by atoms with Crippen LogP contribution >= 0.6 is 11.6 Å². The number of aromatic hydroxyl groups is 1. The number of aromatic nitrogens is 3. The van der Waals surface area contributed by atoms with Crippen LogP contribution in [0.4, 0.5) is 0 Å². The number of rotatable bonds is 4. The van der Waals surface area contributed by atoms with Gasteiger partial charge in [-0.25, -0.2) is 0 Å². The Morgan fingerprint density at radius 2 is 1.88 bits per heavy atom. The smallest absolute Gasteiger partial charge is 0.273 e. The summed E-state index contributed by atoms with van der Waals surface area (Å²) in [5.41, 5.74) is 5.26. The molecule has 172 valence electrons. The second kappa shape index (κ2) is 8.29. The number of hydrogen-bond donors (Lipinski definition) is 2. The van der Waals surface area contributed by atoms with Crippen molar-refractivity contribution >= 4 is 17.5 Å². The van der Waals surface area contributed by atoms with E-state index in [-0.39, 0.29) is 23.1 Å². The number of phenolic OH excluding ortho intramolecular Hbond substituents is 1. The Bertz CT molecular complexity index is 1360. The number of carbonyl (C=O) groups excluding carboxylic acids is 1. The van der Waals surface area contributed by atoms with E-state index >= 15 is 0 Å². The number of aromatic amines is 1. The van der Waals surface area contributed by atoms with Crippen LogP contribution in [-0.2, 0) is 12.0 Å². The molecule has 7 heteroatoms. The third kappa shape index (κ3) is 3.84. The van der Waals surface area contributed by atoms with Gasteiger partial charge in [0.1, 0.15) is 17.1 Å². The Labute approximate surface area is 203 Å². The lowest BCUT2D eigenvalue weighted by Crippen LogP contribution is -2.29. The molecule has 2 aromatic heterocycles. The van der Waals surface area contributed by atoms with Crippen molar-refractivity contribution < 1.29 is 9.90 Å². The van der Waals surface area contributed by atoms with Gasteiger partial charge in [0, 0.05) is 35.1 Å². The first kappa shape index (κ1) is 22.2. The average molecular weight is 473 g/mol. The number of H-pyrrole nitrogens is 1. The van der Waals surface area contributed by atoms with Gasteiger partial charge in [0.2, 0.25) is 0 Å². The predicted molar refractivity (Wildman–Crippen MR) is 132 cm³/mol. The summed E-state index contributed by atoms with van der Waals surface area (Å²) in [6.45, 7) is 6.90. The van der Waals surface area contributed by atoms with Crippen molar-refractivity contribution in [2.45, 2.75) is 38.8 Å². The van der Waals surface area contributed by atoms with E-state index in [9.17, 15) is 9.90 Å². The molecular formula is C27H25ClN4O2. The van der Waals surface area contributed by atoms with Gasteiger partial charge in [0.15, 0.2) is 0 Å². The van der Waals surface area contributed by atoms with Gasteiger partial charge >= 0.3 is 0 Å².